The average molecular weight is 246 g/mol. The zero-order chi connectivity index (χ0) is 13.3. The van der Waals surface area contributed by atoms with E-state index in [2.05, 4.69) is 5.32 Å². The molecule has 0 radical (unpaired) electrons. The summed E-state index contributed by atoms with van der Waals surface area (Å²) in [5, 5.41) is 2.64. The second-order valence-corrected chi connectivity index (χ2v) is 4.99. The van der Waals surface area contributed by atoms with Crippen molar-refractivity contribution in [2.24, 2.45) is 0 Å². The smallest absolute Gasteiger partial charge is 0.316 e. The Kier molecular flexibility index (Phi) is 3.36. The SMILES string of the molecule is CC(C)NC(=O)C(=O)N1c2ccccc2CC1C. The maximum Gasteiger partial charge on any atom is 0.316 e. The molecule has 0 saturated heterocycles. The number of carbonyl (C=O) groups is 2. The first-order valence-corrected chi connectivity index (χ1v) is 6.22. The zero-order valence-corrected chi connectivity index (χ0v) is 10.9. The third kappa shape index (κ3) is 2.23. The van der Waals surface area contributed by atoms with Gasteiger partial charge in [0.1, 0.15) is 0 Å². The van der Waals surface area contributed by atoms with Crippen molar-refractivity contribution in [2.75, 3.05) is 4.90 Å². The number of amides is 2. The summed E-state index contributed by atoms with van der Waals surface area (Å²) in [5.74, 6) is -1.00. The van der Waals surface area contributed by atoms with Crippen molar-refractivity contribution in [3.8, 4) is 0 Å². The molecule has 0 aromatic heterocycles. The van der Waals surface area contributed by atoms with E-state index in [1.807, 2.05) is 45.0 Å². The van der Waals surface area contributed by atoms with Crippen LogP contribution in [-0.2, 0) is 16.0 Å². The third-order valence-corrected chi connectivity index (χ3v) is 3.04. The van der Waals surface area contributed by atoms with E-state index in [-0.39, 0.29) is 12.1 Å². The third-order valence-electron chi connectivity index (χ3n) is 3.04. The van der Waals surface area contributed by atoms with E-state index in [4.69, 9.17) is 0 Å². The summed E-state index contributed by atoms with van der Waals surface area (Å²) in [4.78, 5) is 25.6. The van der Waals surface area contributed by atoms with Crippen LogP contribution in [0.1, 0.15) is 26.3 Å². The number of hydrogen-bond donors (Lipinski definition) is 1. The molecule has 1 unspecified atom stereocenters. The molecule has 0 aliphatic carbocycles. The number of carbonyl (C=O) groups excluding carboxylic acids is 2. The molecular weight excluding hydrogens is 228 g/mol. The normalized spacial score (nSPS) is 17.8. The molecule has 0 spiro atoms. The van der Waals surface area contributed by atoms with Gasteiger partial charge in [0.15, 0.2) is 0 Å². The maximum atomic E-state index is 12.2. The average Bonchev–Trinajstić information content (AvgIpc) is 2.63. The molecule has 96 valence electrons. The Morgan fingerprint density at radius 1 is 1.33 bits per heavy atom. The highest BCUT2D eigenvalue weighted by Gasteiger charge is 2.34. The van der Waals surface area contributed by atoms with Crippen molar-refractivity contribution >= 4 is 17.5 Å². The molecule has 1 heterocycles. The molecular formula is C14H18N2O2. The molecule has 4 heteroatoms. The molecule has 1 N–H and O–H groups in total. The fraction of sp³-hybridized carbons (Fsp3) is 0.429. The summed E-state index contributed by atoms with van der Waals surface area (Å²) in [6, 6.07) is 7.73. The number of hydrogen-bond acceptors (Lipinski definition) is 2. The van der Waals surface area contributed by atoms with Gasteiger partial charge in [-0.3, -0.25) is 9.59 Å². The van der Waals surface area contributed by atoms with Crippen LogP contribution in [0.4, 0.5) is 5.69 Å². The van der Waals surface area contributed by atoms with Crippen molar-refractivity contribution in [1.82, 2.24) is 5.32 Å². The van der Waals surface area contributed by atoms with Crippen LogP contribution in [0.15, 0.2) is 24.3 Å². The van der Waals surface area contributed by atoms with Gasteiger partial charge in [-0.25, -0.2) is 0 Å². The van der Waals surface area contributed by atoms with Gasteiger partial charge in [0.25, 0.3) is 0 Å². The summed E-state index contributed by atoms with van der Waals surface area (Å²) >= 11 is 0. The Morgan fingerprint density at radius 3 is 2.67 bits per heavy atom. The van der Waals surface area contributed by atoms with E-state index in [1.54, 1.807) is 4.90 Å². The first kappa shape index (κ1) is 12.6. The van der Waals surface area contributed by atoms with Crippen LogP contribution in [0.3, 0.4) is 0 Å². The summed E-state index contributed by atoms with van der Waals surface area (Å²) < 4.78 is 0. The molecule has 4 nitrogen and oxygen atoms in total. The van der Waals surface area contributed by atoms with Crippen LogP contribution in [0, 0.1) is 0 Å². The second-order valence-electron chi connectivity index (χ2n) is 4.99. The monoisotopic (exact) mass is 246 g/mol. The molecule has 1 aliphatic heterocycles. The highest BCUT2D eigenvalue weighted by atomic mass is 16.2. The van der Waals surface area contributed by atoms with Gasteiger partial charge in [-0.2, -0.15) is 0 Å². The highest BCUT2D eigenvalue weighted by Crippen LogP contribution is 2.31. The number of benzene rings is 1. The summed E-state index contributed by atoms with van der Waals surface area (Å²) in [6.07, 6.45) is 0.802. The number of fused-ring (bicyclic) bond motifs is 1. The molecule has 1 aromatic carbocycles. The van der Waals surface area contributed by atoms with Gasteiger partial charge < -0.3 is 10.2 Å². The van der Waals surface area contributed by atoms with E-state index in [9.17, 15) is 9.59 Å². The van der Waals surface area contributed by atoms with Gasteiger partial charge in [-0.1, -0.05) is 18.2 Å². The summed E-state index contributed by atoms with van der Waals surface area (Å²) in [5.41, 5.74) is 1.98. The predicted molar refractivity (Wildman–Crippen MR) is 70.4 cm³/mol. The molecule has 18 heavy (non-hydrogen) atoms. The number of rotatable bonds is 1. The highest BCUT2D eigenvalue weighted by molar-refractivity contribution is 6.40. The van der Waals surface area contributed by atoms with Gasteiger partial charge in [0.2, 0.25) is 0 Å². The number of anilines is 1. The van der Waals surface area contributed by atoms with Gasteiger partial charge in [-0.15, -0.1) is 0 Å². The van der Waals surface area contributed by atoms with Crippen LogP contribution < -0.4 is 10.2 Å². The van der Waals surface area contributed by atoms with Gasteiger partial charge in [0.05, 0.1) is 0 Å². The van der Waals surface area contributed by atoms with Gasteiger partial charge >= 0.3 is 11.8 Å². The van der Waals surface area contributed by atoms with E-state index < -0.39 is 11.8 Å². The molecule has 1 atom stereocenters. The lowest BCUT2D eigenvalue weighted by Crippen LogP contribution is -2.47. The molecule has 2 rings (SSSR count). The molecule has 0 fully saturated rings. The van der Waals surface area contributed by atoms with Crippen molar-refractivity contribution in [3.05, 3.63) is 29.8 Å². The topological polar surface area (TPSA) is 49.4 Å². The molecule has 0 bridgehead atoms. The van der Waals surface area contributed by atoms with Crippen molar-refractivity contribution in [1.29, 1.82) is 0 Å². The van der Waals surface area contributed by atoms with Crippen LogP contribution >= 0.6 is 0 Å². The van der Waals surface area contributed by atoms with Crippen LogP contribution in [-0.4, -0.2) is 23.9 Å². The fourth-order valence-electron chi connectivity index (χ4n) is 2.31. The van der Waals surface area contributed by atoms with Crippen LogP contribution in [0.25, 0.3) is 0 Å². The van der Waals surface area contributed by atoms with E-state index >= 15 is 0 Å². The predicted octanol–water partition coefficient (Wildman–Crippen LogP) is 1.49. The summed E-state index contributed by atoms with van der Waals surface area (Å²) in [6.45, 7) is 5.64. The van der Waals surface area contributed by atoms with Crippen LogP contribution in [0.2, 0.25) is 0 Å². The van der Waals surface area contributed by atoms with E-state index in [0.29, 0.717) is 0 Å². The minimum atomic E-state index is -0.534. The Morgan fingerprint density at radius 2 is 2.00 bits per heavy atom. The van der Waals surface area contributed by atoms with Gasteiger partial charge in [0, 0.05) is 17.8 Å². The first-order chi connectivity index (χ1) is 8.50. The van der Waals surface area contributed by atoms with Crippen molar-refractivity contribution < 1.29 is 9.59 Å². The van der Waals surface area contributed by atoms with Crippen molar-refractivity contribution in [3.63, 3.8) is 0 Å². The Bertz CT molecular complexity index is 482. The lowest BCUT2D eigenvalue weighted by atomic mass is 10.1. The number of para-hydroxylation sites is 1. The van der Waals surface area contributed by atoms with Crippen LogP contribution in [0.5, 0.6) is 0 Å². The zero-order valence-electron chi connectivity index (χ0n) is 10.9. The lowest BCUT2D eigenvalue weighted by Gasteiger charge is -2.22. The Balaban J connectivity index is 2.23. The fourth-order valence-corrected chi connectivity index (χ4v) is 2.31. The quantitative estimate of drug-likeness (QED) is 0.763. The minimum Gasteiger partial charge on any atom is -0.346 e. The first-order valence-electron chi connectivity index (χ1n) is 6.22. The lowest BCUT2D eigenvalue weighted by molar-refractivity contribution is -0.138. The minimum absolute atomic E-state index is 0.0328. The van der Waals surface area contributed by atoms with E-state index in [0.717, 1.165) is 17.7 Å². The van der Waals surface area contributed by atoms with E-state index in [1.165, 1.54) is 0 Å². The number of nitrogens with zero attached hydrogens (tertiary/aromatic N) is 1. The van der Waals surface area contributed by atoms with Gasteiger partial charge in [-0.05, 0) is 38.8 Å². The Hall–Kier alpha value is -1.84. The Labute approximate surface area is 107 Å². The van der Waals surface area contributed by atoms with Crippen molar-refractivity contribution in [2.45, 2.75) is 39.3 Å². The second kappa shape index (κ2) is 4.80. The standard InChI is InChI=1S/C14H18N2O2/c1-9(2)15-13(17)14(18)16-10(3)8-11-6-4-5-7-12(11)16/h4-7,9-10H,8H2,1-3H3,(H,15,17). The molecule has 1 aliphatic rings. The number of nitrogens with one attached hydrogen (secondary N) is 1. The molecule has 0 saturated carbocycles. The largest absolute Gasteiger partial charge is 0.346 e. The summed E-state index contributed by atoms with van der Waals surface area (Å²) in [7, 11) is 0. The molecule has 2 amide bonds. The molecule has 1 aromatic rings. The maximum absolute atomic E-state index is 12.2.